The van der Waals surface area contributed by atoms with Gasteiger partial charge in [0.25, 0.3) is 0 Å². The van der Waals surface area contributed by atoms with Crippen LogP contribution in [0.4, 0.5) is 0 Å². The summed E-state index contributed by atoms with van der Waals surface area (Å²) < 4.78 is 7.50. The van der Waals surface area contributed by atoms with Crippen LogP contribution in [0.1, 0.15) is 5.56 Å². The second-order valence-electron chi connectivity index (χ2n) is 6.98. The lowest BCUT2D eigenvalue weighted by Gasteiger charge is -2.08. The Morgan fingerprint density at radius 1 is 0.897 bits per heavy atom. The Balaban J connectivity index is 1.89. The zero-order valence-electron chi connectivity index (χ0n) is 16.1. The molecule has 0 aliphatic rings. The number of ether oxygens (including phenoxy) is 1. The van der Waals surface area contributed by atoms with Crippen molar-refractivity contribution in [2.75, 3.05) is 7.11 Å². The van der Waals surface area contributed by atoms with Gasteiger partial charge in [0, 0.05) is 27.6 Å². The molecule has 5 heteroatoms. The van der Waals surface area contributed by atoms with Crippen LogP contribution in [0.2, 0.25) is 5.02 Å². The van der Waals surface area contributed by atoms with Gasteiger partial charge in [-0.2, -0.15) is 5.10 Å². The van der Waals surface area contributed by atoms with Crippen LogP contribution in [-0.2, 0) is 0 Å². The van der Waals surface area contributed by atoms with Gasteiger partial charge in [-0.25, -0.2) is 4.68 Å². The van der Waals surface area contributed by atoms with Crippen molar-refractivity contribution in [3.63, 3.8) is 0 Å². The third-order valence-electron chi connectivity index (χ3n) is 5.12. The molecule has 4 nitrogen and oxygen atoms in total. The van der Waals surface area contributed by atoms with E-state index in [1.807, 2.05) is 47.3 Å². The number of pyridine rings is 1. The molecule has 0 spiro atoms. The number of halogens is 1. The van der Waals surface area contributed by atoms with Crippen molar-refractivity contribution < 1.29 is 4.74 Å². The van der Waals surface area contributed by atoms with E-state index in [1.54, 1.807) is 7.11 Å². The first-order valence-corrected chi connectivity index (χ1v) is 9.71. The highest BCUT2D eigenvalue weighted by molar-refractivity contribution is 6.30. The van der Waals surface area contributed by atoms with Crippen LogP contribution >= 0.6 is 11.6 Å². The average molecular weight is 400 g/mol. The molecule has 0 radical (unpaired) electrons. The first-order valence-electron chi connectivity index (χ1n) is 9.33. The molecule has 0 fully saturated rings. The van der Waals surface area contributed by atoms with Gasteiger partial charge in [0.1, 0.15) is 17.0 Å². The molecule has 0 aliphatic heterocycles. The molecule has 0 unspecified atom stereocenters. The van der Waals surface area contributed by atoms with Gasteiger partial charge < -0.3 is 4.74 Å². The van der Waals surface area contributed by atoms with E-state index in [0.29, 0.717) is 5.02 Å². The number of benzene rings is 3. The van der Waals surface area contributed by atoms with E-state index in [9.17, 15) is 0 Å². The topological polar surface area (TPSA) is 39.9 Å². The number of para-hydroxylation sites is 1. The monoisotopic (exact) mass is 399 g/mol. The Hall–Kier alpha value is -3.37. The maximum atomic E-state index is 6.11. The highest BCUT2D eigenvalue weighted by Crippen LogP contribution is 2.36. The van der Waals surface area contributed by atoms with Gasteiger partial charge in [0.05, 0.1) is 18.3 Å². The summed E-state index contributed by atoms with van der Waals surface area (Å²) >= 11 is 6.11. The van der Waals surface area contributed by atoms with Crippen LogP contribution in [0, 0.1) is 6.92 Å². The minimum atomic E-state index is 0.692. The molecule has 5 rings (SSSR count). The number of aromatic nitrogens is 3. The van der Waals surface area contributed by atoms with Crippen molar-refractivity contribution in [2.24, 2.45) is 0 Å². The normalized spacial score (nSPS) is 11.3. The Labute approximate surface area is 173 Å². The molecule has 0 saturated carbocycles. The summed E-state index contributed by atoms with van der Waals surface area (Å²) in [5, 5.41) is 7.66. The number of rotatable bonds is 3. The van der Waals surface area contributed by atoms with Crippen molar-refractivity contribution >= 4 is 33.4 Å². The standard InChI is InChI=1S/C24H18ClN3O/c1-15-6-8-16(9-7-15)22-20-14-26-23-19(4-3-5-21(23)29-2)24(20)28(27-22)18-12-10-17(25)11-13-18/h3-14H,1-2H3. The fraction of sp³-hybridized carbons (Fsp3) is 0.0833. The fourth-order valence-corrected chi connectivity index (χ4v) is 3.77. The molecule has 0 aliphatic carbocycles. The van der Waals surface area contributed by atoms with Crippen LogP contribution < -0.4 is 4.74 Å². The minimum Gasteiger partial charge on any atom is -0.494 e. The number of fused-ring (bicyclic) bond motifs is 3. The molecule has 0 atom stereocenters. The van der Waals surface area contributed by atoms with Crippen LogP contribution in [0.5, 0.6) is 5.75 Å². The van der Waals surface area contributed by atoms with E-state index < -0.39 is 0 Å². The number of methoxy groups -OCH3 is 1. The molecule has 29 heavy (non-hydrogen) atoms. The van der Waals surface area contributed by atoms with Crippen molar-refractivity contribution in [1.82, 2.24) is 14.8 Å². The SMILES string of the molecule is COc1cccc2c1ncc1c(-c3ccc(C)cc3)nn(-c3ccc(Cl)cc3)c12. The number of hydrogen-bond acceptors (Lipinski definition) is 3. The summed E-state index contributed by atoms with van der Waals surface area (Å²) in [5.41, 5.74) is 5.90. The molecule has 5 aromatic rings. The predicted molar refractivity (Wildman–Crippen MR) is 118 cm³/mol. The minimum absolute atomic E-state index is 0.692. The third-order valence-corrected chi connectivity index (χ3v) is 5.37. The summed E-state index contributed by atoms with van der Waals surface area (Å²) in [5.74, 6) is 0.741. The molecule has 0 saturated heterocycles. The van der Waals surface area contributed by atoms with Crippen molar-refractivity contribution in [3.05, 3.63) is 83.5 Å². The zero-order valence-corrected chi connectivity index (χ0v) is 16.8. The Bertz CT molecular complexity index is 1340. The largest absolute Gasteiger partial charge is 0.494 e. The van der Waals surface area contributed by atoms with Gasteiger partial charge in [-0.1, -0.05) is 53.6 Å². The molecule has 2 heterocycles. The summed E-state index contributed by atoms with van der Waals surface area (Å²) in [4.78, 5) is 4.71. The highest BCUT2D eigenvalue weighted by atomic mass is 35.5. The summed E-state index contributed by atoms with van der Waals surface area (Å²) in [7, 11) is 1.66. The van der Waals surface area contributed by atoms with Gasteiger partial charge in [0.15, 0.2) is 0 Å². The molecule has 0 amide bonds. The van der Waals surface area contributed by atoms with E-state index in [2.05, 4.69) is 37.3 Å². The molecular formula is C24H18ClN3O. The maximum absolute atomic E-state index is 6.11. The Morgan fingerprint density at radius 3 is 2.38 bits per heavy atom. The summed E-state index contributed by atoms with van der Waals surface area (Å²) in [6.07, 6.45) is 1.88. The van der Waals surface area contributed by atoms with Crippen LogP contribution in [-0.4, -0.2) is 21.9 Å². The van der Waals surface area contributed by atoms with Gasteiger partial charge in [-0.3, -0.25) is 4.98 Å². The van der Waals surface area contributed by atoms with E-state index in [1.165, 1.54) is 5.56 Å². The summed E-state index contributed by atoms with van der Waals surface area (Å²) in [6.45, 7) is 2.08. The van der Waals surface area contributed by atoms with E-state index in [4.69, 9.17) is 26.4 Å². The van der Waals surface area contributed by atoms with Crippen LogP contribution in [0.15, 0.2) is 72.9 Å². The van der Waals surface area contributed by atoms with Crippen molar-refractivity contribution in [2.45, 2.75) is 6.92 Å². The van der Waals surface area contributed by atoms with Crippen LogP contribution in [0.25, 0.3) is 38.8 Å². The number of aryl methyl sites for hydroxylation is 1. The van der Waals surface area contributed by atoms with Gasteiger partial charge >= 0.3 is 0 Å². The lowest BCUT2D eigenvalue weighted by Crippen LogP contribution is -1.97. The van der Waals surface area contributed by atoms with E-state index in [-0.39, 0.29) is 0 Å². The lowest BCUT2D eigenvalue weighted by molar-refractivity contribution is 0.419. The van der Waals surface area contributed by atoms with Gasteiger partial charge in [0.2, 0.25) is 0 Å². The molecule has 0 N–H and O–H groups in total. The van der Waals surface area contributed by atoms with Crippen LogP contribution in [0.3, 0.4) is 0 Å². The Kier molecular flexibility index (Phi) is 4.22. The smallest absolute Gasteiger partial charge is 0.145 e. The molecular weight excluding hydrogens is 382 g/mol. The van der Waals surface area contributed by atoms with E-state index >= 15 is 0 Å². The van der Waals surface area contributed by atoms with Gasteiger partial charge in [-0.15, -0.1) is 0 Å². The molecule has 0 bridgehead atoms. The summed E-state index contributed by atoms with van der Waals surface area (Å²) in [6, 6.07) is 22.0. The Morgan fingerprint density at radius 2 is 1.66 bits per heavy atom. The second kappa shape index (κ2) is 6.90. The second-order valence-corrected chi connectivity index (χ2v) is 7.42. The van der Waals surface area contributed by atoms with Gasteiger partial charge in [-0.05, 0) is 37.3 Å². The maximum Gasteiger partial charge on any atom is 0.145 e. The first-order chi connectivity index (χ1) is 14.2. The lowest BCUT2D eigenvalue weighted by atomic mass is 10.1. The first kappa shape index (κ1) is 17.7. The average Bonchev–Trinajstić information content (AvgIpc) is 3.14. The fourth-order valence-electron chi connectivity index (χ4n) is 3.65. The van der Waals surface area contributed by atoms with Crippen molar-refractivity contribution in [3.8, 4) is 22.7 Å². The molecule has 142 valence electrons. The third kappa shape index (κ3) is 2.93. The quantitative estimate of drug-likeness (QED) is 0.362. The zero-order chi connectivity index (χ0) is 20.0. The molecule has 3 aromatic carbocycles. The number of nitrogens with zero attached hydrogens (tertiary/aromatic N) is 3. The van der Waals surface area contributed by atoms with Crippen molar-refractivity contribution in [1.29, 1.82) is 0 Å². The predicted octanol–water partition coefficient (Wildman–Crippen LogP) is 6.21. The highest BCUT2D eigenvalue weighted by Gasteiger charge is 2.18. The van der Waals surface area contributed by atoms with E-state index in [0.717, 1.165) is 44.5 Å². The number of hydrogen-bond donors (Lipinski definition) is 0. The molecule has 2 aromatic heterocycles.